The average Bonchev–Trinajstić information content (AvgIpc) is 2.08. The summed E-state index contributed by atoms with van der Waals surface area (Å²) in [6.45, 7) is 4.12. The normalized spacial score (nSPS) is 10.5. The minimum atomic E-state index is 1.11. The van der Waals surface area contributed by atoms with Crippen LogP contribution in [0.5, 0.6) is 0 Å². The Bertz CT molecular complexity index is 225. The van der Waals surface area contributed by atoms with Crippen LogP contribution >= 0.6 is 63.7 Å². The van der Waals surface area contributed by atoms with Gasteiger partial charge in [-0.1, -0.05) is 0 Å². The Kier molecular flexibility index (Phi) is 3.84. The Labute approximate surface area is 106 Å². The van der Waals surface area contributed by atoms with Gasteiger partial charge < -0.3 is 0 Å². The van der Waals surface area contributed by atoms with Gasteiger partial charge in [-0.15, -0.1) is 0 Å². The van der Waals surface area contributed by atoms with Crippen molar-refractivity contribution in [1.29, 1.82) is 0 Å². The smallest absolute Gasteiger partial charge is 0.0361 e. The van der Waals surface area contributed by atoms with Gasteiger partial charge in [0, 0.05) is 17.9 Å². The standard InChI is InChI=1S/C8H6Br4/c1-3-5(9)7(11)4(2)8(12)6(3)10/h1-2H3. The molecule has 0 radical (unpaired) electrons. The molecule has 0 aliphatic carbocycles. The summed E-state index contributed by atoms with van der Waals surface area (Å²) in [5.41, 5.74) is 2.39. The number of halogens is 4. The quantitative estimate of drug-likeness (QED) is 0.495. The second-order valence-corrected chi connectivity index (χ2v) is 5.68. The number of rotatable bonds is 0. The molecule has 0 unspecified atom stereocenters. The first kappa shape index (κ1) is 11.2. The molecule has 0 spiro atoms. The molecule has 0 atom stereocenters. The van der Waals surface area contributed by atoms with Crippen molar-refractivity contribution < 1.29 is 0 Å². The number of hydrogen-bond acceptors (Lipinski definition) is 0. The van der Waals surface area contributed by atoms with Crippen LogP contribution in [-0.2, 0) is 0 Å². The van der Waals surface area contributed by atoms with Gasteiger partial charge in [-0.25, -0.2) is 0 Å². The van der Waals surface area contributed by atoms with Gasteiger partial charge in [-0.2, -0.15) is 0 Å². The van der Waals surface area contributed by atoms with Crippen LogP contribution in [0.25, 0.3) is 0 Å². The zero-order valence-electron chi connectivity index (χ0n) is 6.51. The molecule has 0 N–H and O–H groups in total. The van der Waals surface area contributed by atoms with Crippen molar-refractivity contribution in [3.8, 4) is 0 Å². The largest absolute Gasteiger partial charge is 0.0493 e. The summed E-state index contributed by atoms with van der Waals surface area (Å²) in [4.78, 5) is 0. The van der Waals surface area contributed by atoms with E-state index < -0.39 is 0 Å². The molecule has 1 aromatic rings. The third-order valence-corrected chi connectivity index (χ3v) is 6.73. The van der Waals surface area contributed by atoms with E-state index in [2.05, 4.69) is 77.6 Å². The Morgan fingerprint density at radius 3 is 0.917 bits per heavy atom. The maximum absolute atomic E-state index is 3.52. The highest BCUT2D eigenvalue weighted by Gasteiger charge is 2.12. The molecule has 66 valence electrons. The molecule has 1 rings (SSSR count). The average molecular weight is 422 g/mol. The van der Waals surface area contributed by atoms with E-state index in [0.29, 0.717) is 0 Å². The van der Waals surface area contributed by atoms with E-state index in [-0.39, 0.29) is 0 Å². The lowest BCUT2D eigenvalue weighted by atomic mass is 10.2. The monoisotopic (exact) mass is 418 g/mol. The first-order valence-corrected chi connectivity index (χ1v) is 6.43. The van der Waals surface area contributed by atoms with E-state index in [1.165, 1.54) is 11.1 Å². The molecule has 0 aliphatic heterocycles. The van der Waals surface area contributed by atoms with Crippen molar-refractivity contribution in [1.82, 2.24) is 0 Å². The van der Waals surface area contributed by atoms with E-state index in [0.717, 1.165) is 17.9 Å². The highest BCUT2D eigenvalue weighted by atomic mass is 79.9. The number of benzene rings is 1. The maximum atomic E-state index is 3.52. The fourth-order valence-electron chi connectivity index (χ4n) is 0.851. The summed E-state index contributed by atoms with van der Waals surface area (Å²) in [6, 6.07) is 0. The van der Waals surface area contributed by atoms with Gasteiger partial charge in [-0.3, -0.25) is 0 Å². The fraction of sp³-hybridized carbons (Fsp3) is 0.250. The van der Waals surface area contributed by atoms with Crippen LogP contribution in [-0.4, -0.2) is 0 Å². The Morgan fingerprint density at radius 1 is 0.583 bits per heavy atom. The van der Waals surface area contributed by atoms with Crippen molar-refractivity contribution in [2.24, 2.45) is 0 Å². The lowest BCUT2D eigenvalue weighted by molar-refractivity contribution is 1.28. The molecule has 0 saturated heterocycles. The van der Waals surface area contributed by atoms with Gasteiger partial charge in [-0.05, 0) is 88.7 Å². The van der Waals surface area contributed by atoms with Crippen molar-refractivity contribution in [2.75, 3.05) is 0 Å². The second-order valence-electron chi connectivity index (χ2n) is 2.51. The molecule has 0 amide bonds. The molecule has 0 aromatic heterocycles. The van der Waals surface area contributed by atoms with Crippen LogP contribution in [0.1, 0.15) is 11.1 Å². The lowest BCUT2D eigenvalue weighted by Crippen LogP contribution is -1.87. The molecule has 12 heavy (non-hydrogen) atoms. The van der Waals surface area contributed by atoms with Crippen molar-refractivity contribution in [2.45, 2.75) is 13.8 Å². The molecule has 0 heterocycles. The van der Waals surface area contributed by atoms with Crippen molar-refractivity contribution in [3.63, 3.8) is 0 Å². The molecule has 4 heteroatoms. The van der Waals surface area contributed by atoms with Crippen LogP contribution in [0.2, 0.25) is 0 Å². The third-order valence-electron chi connectivity index (χ3n) is 1.70. The highest BCUT2D eigenvalue weighted by Crippen LogP contribution is 2.40. The zero-order valence-corrected chi connectivity index (χ0v) is 12.9. The van der Waals surface area contributed by atoms with Gasteiger partial charge in [0.2, 0.25) is 0 Å². The molecule has 0 fully saturated rings. The third kappa shape index (κ3) is 1.81. The molecule has 1 aromatic carbocycles. The second kappa shape index (κ2) is 4.11. The van der Waals surface area contributed by atoms with E-state index >= 15 is 0 Å². The molecular weight excluding hydrogens is 416 g/mol. The Balaban J connectivity index is 3.60. The Morgan fingerprint density at radius 2 is 0.750 bits per heavy atom. The van der Waals surface area contributed by atoms with E-state index in [4.69, 9.17) is 0 Å². The van der Waals surface area contributed by atoms with Gasteiger partial charge in [0.15, 0.2) is 0 Å². The van der Waals surface area contributed by atoms with E-state index in [1.54, 1.807) is 0 Å². The molecule has 0 nitrogen and oxygen atoms in total. The summed E-state index contributed by atoms with van der Waals surface area (Å²) in [5, 5.41) is 0. The topological polar surface area (TPSA) is 0 Å². The predicted octanol–water partition coefficient (Wildman–Crippen LogP) is 5.35. The van der Waals surface area contributed by atoms with Crippen LogP contribution in [0, 0.1) is 13.8 Å². The van der Waals surface area contributed by atoms with Crippen molar-refractivity contribution in [3.05, 3.63) is 29.0 Å². The first-order chi connectivity index (χ1) is 5.46. The predicted molar refractivity (Wildman–Crippen MR) is 66.7 cm³/mol. The van der Waals surface area contributed by atoms with E-state index in [9.17, 15) is 0 Å². The zero-order chi connectivity index (χ0) is 9.46. The minimum absolute atomic E-state index is 1.11. The molecule has 0 aliphatic rings. The lowest BCUT2D eigenvalue weighted by Gasteiger charge is -2.10. The van der Waals surface area contributed by atoms with E-state index in [1.807, 2.05) is 0 Å². The fourth-order valence-corrected chi connectivity index (χ4v) is 3.37. The Hall–Kier alpha value is 1.14. The van der Waals surface area contributed by atoms with Gasteiger partial charge in [0.05, 0.1) is 0 Å². The molecular formula is C8H6Br4. The minimum Gasteiger partial charge on any atom is -0.0493 e. The van der Waals surface area contributed by atoms with Gasteiger partial charge in [0.1, 0.15) is 0 Å². The summed E-state index contributed by atoms with van der Waals surface area (Å²) in [7, 11) is 0. The maximum Gasteiger partial charge on any atom is 0.0361 e. The first-order valence-electron chi connectivity index (χ1n) is 3.26. The van der Waals surface area contributed by atoms with Crippen molar-refractivity contribution >= 4 is 63.7 Å². The summed E-state index contributed by atoms with van der Waals surface area (Å²) < 4.78 is 4.43. The summed E-state index contributed by atoms with van der Waals surface area (Å²) in [5.74, 6) is 0. The SMILES string of the molecule is Cc1c(Br)c(Br)c(C)c(Br)c1Br. The van der Waals surface area contributed by atoms with Gasteiger partial charge in [0.25, 0.3) is 0 Å². The summed E-state index contributed by atoms with van der Waals surface area (Å²) in [6.07, 6.45) is 0. The highest BCUT2D eigenvalue weighted by molar-refractivity contribution is 9.14. The molecule has 0 bridgehead atoms. The van der Waals surface area contributed by atoms with Crippen LogP contribution < -0.4 is 0 Å². The van der Waals surface area contributed by atoms with Crippen LogP contribution in [0.15, 0.2) is 17.9 Å². The summed E-state index contributed by atoms with van der Waals surface area (Å²) >= 11 is 14.1. The molecule has 0 saturated carbocycles. The van der Waals surface area contributed by atoms with Crippen LogP contribution in [0.3, 0.4) is 0 Å². The van der Waals surface area contributed by atoms with Gasteiger partial charge >= 0.3 is 0 Å². The number of hydrogen-bond donors (Lipinski definition) is 0. The van der Waals surface area contributed by atoms with Crippen LogP contribution in [0.4, 0.5) is 0 Å².